The maximum Gasteiger partial charge on any atom is 0.237 e. The van der Waals surface area contributed by atoms with Crippen LogP contribution in [0.3, 0.4) is 0 Å². The van der Waals surface area contributed by atoms with Crippen LogP contribution in [0.15, 0.2) is 60.8 Å². The van der Waals surface area contributed by atoms with Gasteiger partial charge in [-0.3, -0.25) is 14.6 Å². The van der Waals surface area contributed by atoms with Crippen molar-refractivity contribution >= 4 is 16.8 Å². The fourth-order valence-electron chi connectivity index (χ4n) is 4.54. The molecule has 0 unspecified atom stereocenters. The Hall–Kier alpha value is -2.67. The number of nitrogens with zero attached hydrogens (tertiary/aromatic N) is 3. The minimum absolute atomic E-state index is 0.193. The average molecular weight is 407 g/mol. The van der Waals surface area contributed by atoms with Crippen molar-refractivity contribution in [2.45, 2.75) is 32.1 Å². The van der Waals surface area contributed by atoms with Crippen LogP contribution in [0.25, 0.3) is 10.9 Å². The van der Waals surface area contributed by atoms with E-state index in [4.69, 9.17) is 5.73 Å². The Morgan fingerprint density at radius 1 is 1.03 bits per heavy atom. The van der Waals surface area contributed by atoms with Crippen molar-refractivity contribution < 1.29 is 9.90 Å². The van der Waals surface area contributed by atoms with E-state index in [1.165, 1.54) is 16.5 Å². The number of aromatic nitrogens is 1. The summed E-state index contributed by atoms with van der Waals surface area (Å²) in [6.45, 7) is 5.00. The van der Waals surface area contributed by atoms with Gasteiger partial charge < -0.3 is 15.4 Å². The molecule has 158 valence electrons. The van der Waals surface area contributed by atoms with Crippen LogP contribution in [0, 0.1) is 0 Å². The van der Waals surface area contributed by atoms with Gasteiger partial charge in [-0.15, -0.1) is 0 Å². The van der Waals surface area contributed by atoms with Crippen molar-refractivity contribution in [3.63, 3.8) is 0 Å². The third kappa shape index (κ3) is 4.73. The third-order valence-corrected chi connectivity index (χ3v) is 5.97. The third-order valence-electron chi connectivity index (χ3n) is 5.97. The van der Waals surface area contributed by atoms with Gasteiger partial charge in [0.1, 0.15) is 6.54 Å². The molecule has 1 saturated heterocycles. The van der Waals surface area contributed by atoms with Gasteiger partial charge in [0.25, 0.3) is 0 Å². The predicted molar refractivity (Wildman–Crippen MR) is 119 cm³/mol. The summed E-state index contributed by atoms with van der Waals surface area (Å²) in [7, 11) is 0. The second kappa shape index (κ2) is 9.43. The molecule has 3 aromatic rings. The fraction of sp³-hybridized carbons (Fsp3) is 0.375. The van der Waals surface area contributed by atoms with Crippen LogP contribution >= 0.6 is 0 Å². The number of hydrogen-bond acceptors (Lipinski definition) is 4. The topological polar surface area (TPSA) is 74.7 Å². The fourth-order valence-corrected chi connectivity index (χ4v) is 4.54. The van der Waals surface area contributed by atoms with Crippen LogP contribution < -0.4 is 5.73 Å². The van der Waals surface area contributed by atoms with E-state index < -0.39 is 0 Å². The highest BCUT2D eigenvalue weighted by molar-refractivity contribution is 5.85. The van der Waals surface area contributed by atoms with E-state index in [9.17, 15) is 9.90 Å². The molecule has 0 spiro atoms. The van der Waals surface area contributed by atoms with Gasteiger partial charge in [0.05, 0.1) is 0 Å². The highest BCUT2D eigenvalue weighted by Gasteiger charge is 2.27. The summed E-state index contributed by atoms with van der Waals surface area (Å²) >= 11 is 0. The van der Waals surface area contributed by atoms with Crippen LogP contribution in [0.4, 0.5) is 0 Å². The molecule has 2 heterocycles. The zero-order valence-electron chi connectivity index (χ0n) is 17.3. The van der Waals surface area contributed by atoms with Gasteiger partial charge in [0.15, 0.2) is 0 Å². The molecular formula is C24H30N4O2. The summed E-state index contributed by atoms with van der Waals surface area (Å²) < 4.78 is 1.95. The van der Waals surface area contributed by atoms with Crippen LogP contribution in [-0.2, 0) is 24.4 Å². The van der Waals surface area contributed by atoms with Gasteiger partial charge >= 0.3 is 0 Å². The highest BCUT2D eigenvalue weighted by atomic mass is 16.3. The smallest absolute Gasteiger partial charge is 0.237 e. The molecule has 1 fully saturated rings. The van der Waals surface area contributed by atoms with Crippen molar-refractivity contribution in [3.05, 3.63) is 71.9 Å². The van der Waals surface area contributed by atoms with Gasteiger partial charge in [-0.1, -0.05) is 48.5 Å². The van der Waals surface area contributed by atoms with E-state index in [-0.39, 0.29) is 19.1 Å². The Balaban J connectivity index is 1.49. The summed E-state index contributed by atoms with van der Waals surface area (Å²) in [5.74, 6) is -0.333. The number of carbonyl (C=O) groups is 1. The lowest BCUT2D eigenvalue weighted by Crippen LogP contribution is -2.52. The van der Waals surface area contributed by atoms with Crippen molar-refractivity contribution in [2.75, 3.05) is 26.2 Å². The molecule has 1 amide bonds. The zero-order chi connectivity index (χ0) is 20.9. The van der Waals surface area contributed by atoms with Gasteiger partial charge in [-0.25, -0.2) is 0 Å². The van der Waals surface area contributed by atoms with E-state index in [0.717, 1.165) is 44.7 Å². The second-order valence-corrected chi connectivity index (χ2v) is 8.12. The van der Waals surface area contributed by atoms with Crippen LogP contribution in [-0.4, -0.2) is 57.7 Å². The Bertz CT molecular complexity index is 985. The largest absolute Gasteiger partial charge is 0.396 e. The number of fused-ring (bicyclic) bond motifs is 1. The van der Waals surface area contributed by atoms with Crippen molar-refractivity contribution in [1.82, 2.24) is 14.4 Å². The Labute approximate surface area is 177 Å². The van der Waals surface area contributed by atoms with Crippen molar-refractivity contribution in [3.8, 4) is 0 Å². The summed E-state index contributed by atoms with van der Waals surface area (Å²) in [5.41, 5.74) is 9.00. The molecule has 1 atom stereocenters. The standard InChI is InChI=1S/C24H30N4O2/c25-24(30)18-28-16-20(22-8-4-5-9-23(22)28)15-26-11-12-27(21(17-26)10-13-29)14-19-6-2-1-3-7-19/h1-9,16,21,29H,10-15,17-18H2,(H2,25,30)/t21-/m1/s1. The number of carbonyl (C=O) groups excluding carboxylic acids is 1. The number of piperazine rings is 1. The molecule has 0 saturated carbocycles. The first-order valence-corrected chi connectivity index (χ1v) is 10.6. The molecule has 3 N–H and O–H groups in total. The molecule has 1 aromatic heterocycles. The van der Waals surface area contributed by atoms with Crippen LogP contribution in [0.2, 0.25) is 0 Å². The molecule has 0 bridgehead atoms. The summed E-state index contributed by atoms with van der Waals surface area (Å²) in [5, 5.41) is 10.8. The molecule has 30 heavy (non-hydrogen) atoms. The first kappa shape index (κ1) is 20.6. The molecule has 0 aliphatic carbocycles. The lowest BCUT2D eigenvalue weighted by molar-refractivity contribution is -0.118. The predicted octanol–water partition coefficient (Wildman–Crippen LogP) is 2.20. The Morgan fingerprint density at radius 3 is 2.57 bits per heavy atom. The number of aliphatic hydroxyl groups is 1. The van der Waals surface area contributed by atoms with Crippen molar-refractivity contribution in [2.24, 2.45) is 5.73 Å². The number of hydrogen-bond donors (Lipinski definition) is 2. The SMILES string of the molecule is NC(=O)Cn1cc(CN2CCN(Cc3ccccc3)[C@H](CCO)C2)c2ccccc21. The summed E-state index contributed by atoms with van der Waals surface area (Å²) in [6, 6.07) is 19.0. The summed E-state index contributed by atoms with van der Waals surface area (Å²) in [4.78, 5) is 16.4. The Kier molecular flexibility index (Phi) is 6.47. The Morgan fingerprint density at radius 2 is 1.80 bits per heavy atom. The van der Waals surface area contributed by atoms with E-state index in [1.807, 2.05) is 28.8 Å². The lowest BCUT2D eigenvalue weighted by atomic mass is 10.1. The number of aliphatic hydroxyl groups excluding tert-OH is 1. The number of benzene rings is 2. The van der Waals surface area contributed by atoms with E-state index in [1.54, 1.807) is 0 Å². The number of para-hydroxylation sites is 1. The molecule has 6 nitrogen and oxygen atoms in total. The quantitative estimate of drug-likeness (QED) is 0.601. The van der Waals surface area contributed by atoms with Crippen LogP contribution in [0.1, 0.15) is 17.5 Å². The summed E-state index contributed by atoms with van der Waals surface area (Å²) in [6.07, 6.45) is 2.83. The number of primary amides is 1. The zero-order valence-corrected chi connectivity index (χ0v) is 17.3. The molecule has 1 aliphatic rings. The van der Waals surface area contributed by atoms with Gasteiger partial charge in [-0.2, -0.15) is 0 Å². The molecule has 1 aliphatic heterocycles. The number of nitrogens with two attached hydrogens (primary N) is 1. The minimum Gasteiger partial charge on any atom is -0.396 e. The molecule has 6 heteroatoms. The lowest BCUT2D eigenvalue weighted by Gasteiger charge is -2.41. The van der Waals surface area contributed by atoms with E-state index >= 15 is 0 Å². The van der Waals surface area contributed by atoms with Gasteiger partial charge in [-0.05, 0) is 23.6 Å². The molecule has 0 radical (unpaired) electrons. The number of amides is 1. The normalized spacial score (nSPS) is 18.1. The maximum absolute atomic E-state index is 11.5. The molecule has 4 rings (SSSR count). The average Bonchev–Trinajstić information content (AvgIpc) is 3.08. The highest BCUT2D eigenvalue weighted by Crippen LogP contribution is 2.25. The van der Waals surface area contributed by atoms with Gasteiger partial charge in [0.2, 0.25) is 5.91 Å². The first-order valence-electron chi connectivity index (χ1n) is 10.6. The maximum atomic E-state index is 11.5. The minimum atomic E-state index is -0.333. The number of rotatable bonds is 8. The van der Waals surface area contributed by atoms with Crippen LogP contribution in [0.5, 0.6) is 0 Å². The van der Waals surface area contributed by atoms with E-state index in [2.05, 4.69) is 46.3 Å². The molecular weight excluding hydrogens is 376 g/mol. The monoisotopic (exact) mass is 406 g/mol. The molecule has 2 aromatic carbocycles. The van der Waals surface area contributed by atoms with Gasteiger partial charge in [0, 0.05) is 62.5 Å². The second-order valence-electron chi connectivity index (χ2n) is 8.12. The first-order chi connectivity index (χ1) is 14.6. The van der Waals surface area contributed by atoms with E-state index in [0.29, 0.717) is 6.04 Å². The van der Waals surface area contributed by atoms with Crippen molar-refractivity contribution in [1.29, 1.82) is 0 Å².